The molecule has 0 heterocycles. The Morgan fingerprint density at radius 3 is 1.50 bits per heavy atom. The highest BCUT2D eigenvalue weighted by atomic mass is 16.5. The second kappa shape index (κ2) is 49.3. The van der Waals surface area contributed by atoms with Gasteiger partial charge in [0, 0.05) is 6.42 Å². The molecule has 0 aromatic carbocycles. The number of aliphatic hydroxyl groups excluding tert-OH is 2. The number of amides is 1. The minimum Gasteiger partial charge on any atom is -0.462 e. The van der Waals surface area contributed by atoms with Crippen LogP contribution >= 0.6 is 0 Å². The number of esters is 1. The maximum atomic E-state index is 13.2. The number of nitrogens with one attached hydrogen (secondary N) is 1. The van der Waals surface area contributed by atoms with Crippen molar-refractivity contribution in [2.45, 2.75) is 264 Å². The lowest BCUT2D eigenvalue weighted by atomic mass is 10.0. The van der Waals surface area contributed by atoms with Gasteiger partial charge in [0.1, 0.15) is 6.10 Å². The molecule has 1 amide bonds. The van der Waals surface area contributed by atoms with Crippen molar-refractivity contribution in [1.82, 2.24) is 5.32 Å². The Morgan fingerprint density at radius 1 is 0.500 bits per heavy atom. The maximum absolute atomic E-state index is 13.2. The SMILES string of the molecule is CC/C=C/C/C=C/CCCCCCCCCC(=O)OC(CCCCC/C=C/C=C/C=C/C=C/CCCCC)CC(=O)NC(CO)C(O)CCCCCCCCCCCCCCC. The number of carbonyl (C=O) groups excluding carboxylic acids is 2. The quantitative estimate of drug-likeness (QED) is 0.0245. The van der Waals surface area contributed by atoms with Gasteiger partial charge in [0.25, 0.3) is 0 Å². The molecule has 62 heavy (non-hydrogen) atoms. The predicted molar refractivity (Wildman–Crippen MR) is 268 cm³/mol. The summed E-state index contributed by atoms with van der Waals surface area (Å²) in [6.07, 6.45) is 62.4. The van der Waals surface area contributed by atoms with Crippen LogP contribution in [-0.4, -0.2) is 46.9 Å². The molecule has 0 fully saturated rings. The van der Waals surface area contributed by atoms with Gasteiger partial charge < -0.3 is 20.3 Å². The summed E-state index contributed by atoms with van der Waals surface area (Å²) in [7, 11) is 0. The lowest BCUT2D eigenvalue weighted by Gasteiger charge is -2.24. The summed E-state index contributed by atoms with van der Waals surface area (Å²) in [5, 5.41) is 23.8. The van der Waals surface area contributed by atoms with E-state index in [0.29, 0.717) is 19.3 Å². The van der Waals surface area contributed by atoms with Crippen LogP contribution in [0.1, 0.15) is 245 Å². The summed E-state index contributed by atoms with van der Waals surface area (Å²) in [5.41, 5.74) is 0. The zero-order valence-electron chi connectivity index (χ0n) is 40.7. The second-order valence-electron chi connectivity index (χ2n) is 17.6. The lowest BCUT2D eigenvalue weighted by Crippen LogP contribution is -2.46. The third kappa shape index (κ3) is 43.9. The number of rotatable bonds is 46. The molecule has 6 heteroatoms. The third-order valence-corrected chi connectivity index (χ3v) is 11.6. The second-order valence-corrected chi connectivity index (χ2v) is 17.6. The zero-order valence-corrected chi connectivity index (χ0v) is 40.7. The molecule has 3 atom stereocenters. The highest BCUT2D eigenvalue weighted by Crippen LogP contribution is 2.17. The number of ether oxygens (including phenoxy) is 1. The topological polar surface area (TPSA) is 95.9 Å². The highest BCUT2D eigenvalue weighted by molar-refractivity contribution is 5.77. The predicted octanol–water partition coefficient (Wildman–Crippen LogP) is 15.8. The van der Waals surface area contributed by atoms with Gasteiger partial charge in [-0.25, -0.2) is 0 Å². The van der Waals surface area contributed by atoms with E-state index in [1.807, 2.05) is 6.08 Å². The Balaban J connectivity index is 4.69. The van der Waals surface area contributed by atoms with Gasteiger partial charge >= 0.3 is 5.97 Å². The Bertz CT molecular complexity index is 1150. The molecule has 0 aromatic heterocycles. The van der Waals surface area contributed by atoms with Crippen LogP contribution in [0.3, 0.4) is 0 Å². The number of aliphatic hydroxyl groups is 2. The fourth-order valence-corrected chi connectivity index (χ4v) is 7.66. The van der Waals surface area contributed by atoms with Crippen molar-refractivity contribution >= 4 is 11.9 Å². The van der Waals surface area contributed by atoms with E-state index in [4.69, 9.17) is 4.74 Å². The van der Waals surface area contributed by atoms with E-state index in [2.05, 4.69) is 92.9 Å². The zero-order chi connectivity index (χ0) is 45.2. The van der Waals surface area contributed by atoms with E-state index in [1.54, 1.807) is 0 Å². The summed E-state index contributed by atoms with van der Waals surface area (Å²) >= 11 is 0. The van der Waals surface area contributed by atoms with Crippen LogP contribution in [0, 0.1) is 0 Å². The molecule has 6 nitrogen and oxygen atoms in total. The number of hydrogen-bond donors (Lipinski definition) is 3. The molecule has 0 aliphatic carbocycles. The van der Waals surface area contributed by atoms with E-state index in [0.717, 1.165) is 89.9 Å². The lowest BCUT2D eigenvalue weighted by molar-refractivity contribution is -0.151. The maximum Gasteiger partial charge on any atom is 0.306 e. The van der Waals surface area contributed by atoms with Crippen molar-refractivity contribution < 1.29 is 24.5 Å². The van der Waals surface area contributed by atoms with Gasteiger partial charge in [0.15, 0.2) is 0 Å². The molecule has 3 unspecified atom stereocenters. The first kappa shape index (κ1) is 59.3. The molecule has 0 saturated carbocycles. The van der Waals surface area contributed by atoms with Crippen LogP contribution in [-0.2, 0) is 14.3 Å². The standard InChI is InChI=1S/C56H99NO5/c1-4-7-10-13-16-19-22-25-27-28-30-32-35-38-41-44-47-52(62-56(61)49-46-43-40-37-34-31-26-23-20-17-14-11-8-5-2)50-55(60)57-53(51-58)54(59)48-45-42-39-36-33-29-24-21-18-15-12-9-6-3/h8,11,16-17,19-20,22,25,27-28,30,32,52-54,58-59H,4-7,9-10,12-15,18,21,23-24,26,29,31,33-51H2,1-3H3,(H,57,60)/b11-8+,19-16+,20-17+,25-22+,28-27+,32-30+. The summed E-state index contributed by atoms with van der Waals surface area (Å²) in [5.74, 6) is -0.522. The van der Waals surface area contributed by atoms with Crippen molar-refractivity contribution in [3.05, 3.63) is 72.9 Å². The highest BCUT2D eigenvalue weighted by Gasteiger charge is 2.24. The number of carbonyl (C=O) groups is 2. The molecule has 0 bridgehead atoms. The number of hydrogen-bond acceptors (Lipinski definition) is 5. The average molecular weight is 866 g/mol. The third-order valence-electron chi connectivity index (χ3n) is 11.6. The van der Waals surface area contributed by atoms with Gasteiger partial charge in [-0.15, -0.1) is 0 Å². The van der Waals surface area contributed by atoms with Gasteiger partial charge in [0.05, 0.1) is 25.2 Å². The molecule has 0 rings (SSSR count). The molecule has 3 N–H and O–H groups in total. The Labute approximate surface area is 383 Å². The monoisotopic (exact) mass is 866 g/mol. The molecule has 0 radical (unpaired) electrons. The number of allylic oxidation sites excluding steroid dienone is 12. The van der Waals surface area contributed by atoms with Gasteiger partial charge in [-0.05, 0) is 77.0 Å². The normalized spacial score (nSPS) is 13.8. The summed E-state index contributed by atoms with van der Waals surface area (Å²) < 4.78 is 5.92. The molecule has 0 spiro atoms. The van der Waals surface area contributed by atoms with Crippen molar-refractivity contribution in [3.63, 3.8) is 0 Å². The van der Waals surface area contributed by atoms with Crippen LogP contribution in [0.15, 0.2) is 72.9 Å². The van der Waals surface area contributed by atoms with Crippen molar-refractivity contribution in [1.29, 1.82) is 0 Å². The minimum atomic E-state index is -0.802. The van der Waals surface area contributed by atoms with E-state index in [-0.39, 0.29) is 24.9 Å². The summed E-state index contributed by atoms with van der Waals surface area (Å²) in [4.78, 5) is 26.2. The van der Waals surface area contributed by atoms with E-state index in [9.17, 15) is 19.8 Å². The molecular formula is C56H99NO5. The smallest absolute Gasteiger partial charge is 0.306 e. The van der Waals surface area contributed by atoms with Crippen LogP contribution < -0.4 is 5.32 Å². The van der Waals surface area contributed by atoms with Crippen LogP contribution in [0.25, 0.3) is 0 Å². The first-order valence-electron chi connectivity index (χ1n) is 26.2. The van der Waals surface area contributed by atoms with Crippen molar-refractivity contribution in [2.24, 2.45) is 0 Å². The fourth-order valence-electron chi connectivity index (χ4n) is 7.66. The summed E-state index contributed by atoms with van der Waals surface area (Å²) in [6, 6.07) is -0.719. The van der Waals surface area contributed by atoms with Gasteiger partial charge in [-0.1, -0.05) is 229 Å². The Kier molecular flexibility index (Phi) is 47.2. The molecule has 0 aliphatic rings. The van der Waals surface area contributed by atoms with E-state index < -0.39 is 18.2 Å². The Hall–Kier alpha value is -2.70. The van der Waals surface area contributed by atoms with Crippen LogP contribution in [0.5, 0.6) is 0 Å². The molecule has 0 saturated heterocycles. The summed E-state index contributed by atoms with van der Waals surface area (Å²) in [6.45, 7) is 6.33. The Morgan fingerprint density at radius 2 is 0.935 bits per heavy atom. The van der Waals surface area contributed by atoms with Crippen LogP contribution in [0.2, 0.25) is 0 Å². The molecular weight excluding hydrogens is 767 g/mol. The number of unbranched alkanes of at least 4 members (excludes halogenated alkanes) is 25. The molecule has 0 aromatic rings. The van der Waals surface area contributed by atoms with E-state index in [1.165, 1.54) is 109 Å². The van der Waals surface area contributed by atoms with Crippen molar-refractivity contribution in [3.8, 4) is 0 Å². The first-order valence-corrected chi connectivity index (χ1v) is 26.2. The van der Waals surface area contributed by atoms with Crippen LogP contribution in [0.4, 0.5) is 0 Å². The minimum absolute atomic E-state index is 0.0461. The van der Waals surface area contributed by atoms with Crippen molar-refractivity contribution in [2.75, 3.05) is 6.61 Å². The van der Waals surface area contributed by atoms with Gasteiger partial charge in [-0.3, -0.25) is 9.59 Å². The molecule has 0 aliphatic heterocycles. The van der Waals surface area contributed by atoms with Gasteiger partial charge in [0.2, 0.25) is 5.91 Å². The fraction of sp³-hybridized carbons (Fsp3) is 0.750. The first-order chi connectivity index (χ1) is 30.5. The largest absolute Gasteiger partial charge is 0.462 e. The van der Waals surface area contributed by atoms with E-state index >= 15 is 0 Å². The average Bonchev–Trinajstić information content (AvgIpc) is 3.26. The molecule has 358 valence electrons. The van der Waals surface area contributed by atoms with Gasteiger partial charge in [-0.2, -0.15) is 0 Å².